The first-order chi connectivity index (χ1) is 14.6. The molecule has 30 heavy (non-hydrogen) atoms. The largest absolute Gasteiger partial charge is 0.372 e. The SMILES string of the molecule is CN=C(NCCc1cn2cccc(C)c2n1)NC(C)c1cccc(N2CCCC2)c1. The summed E-state index contributed by atoms with van der Waals surface area (Å²) in [5.74, 6) is 0.814. The van der Waals surface area contributed by atoms with Gasteiger partial charge in [-0.05, 0) is 56.0 Å². The normalized spacial score (nSPS) is 15.6. The van der Waals surface area contributed by atoms with Gasteiger partial charge in [-0.1, -0.05) is 18.2 Å². The lowest BCUT2D eigenvalue weighted by Crippen LogP contribution is -2.39. The third-order valence-corrected chi connectivity index (χ3v) is 5.82. The van der Waals surface area contributed by atoms with E-state index in [2.05, 4.69) is 81.4 Å². The van der Waals surface area contributed by atoms with Gasteiger partial charge in [-0.15, -0.1) is 0 Å². The Kier molecular flexibility index (Phi) is 6.21. The van der Waals surface area contributed by atoms with E-state index in [1.807, 2.05) is 13.2 Å². The van der Waals surface area contributed by atoms with E-state index in [1.165, 1.54) is 29.7 Å². The number of hydrogen-bond donors (Lipinski definition) is 2. The van der Waals surface area contributed by atoms with Crippen LogP contribution in [0.15, 0.2) is 53.8 Å². The Morgan fingerprint density at radius 3 is 2.80 bits per heavy atom. The molecule has 1 fully saturated rings. The van der Waals surface area contributed by atoms with E-state index >= 15 is 0 Å². The van der Waals surface area contributed by atoms with Crippen molar-refractivity contribution in [2.24, 2.45) is 4.99 Å². The number of nitrogens with zero attached hydrogens (tertiary/aromatic N) is 4. The highest BCUT2D eigenvalue weighted by Crippen LogP contribution is 2.23. The quantitative estimate of drug-likeness (QED) is 0.486. The Balaban J connectivity index is 1.33. The lowest BCUT2D eigenvalue weighted by atomic mass is 10.1. The van der Waals surface area contributed by atoms with Crippen molar-refractivity contribution in [2.45, 2.75) is 39.2 Å². The number of imidazole rings is 1. The van der Waals surface area contributed by atoms with Gasteiger partial charge in [0.25, 0.3) is 0 Å². The van der Waals surface area contributed by atoms with Crippen molar-refractivity contribution >= 4 is 17.3 Å². The standard InChI is InChI=1S/C24H32N6/c1-18-8-7-15-30-17-21(28-23(18)30)11-12-26-24(25-3)27-19(2)20-9-6-10-22(16-20)29-13-4-5-14-29/h6-10,15-17,19H,4-5,11-14H2,1-3H3,(H2,25,26,27). The second-order valence-electron chi connectivity index (χ2n) is 8.06. The molecular formula is C24H32N6. The summed E-state index contributed by atoms with van der Waals surface area (Å²) in [5, 5.41) is 6.94. The van der Waals surface area contributed by atoms with Gasteiger partial charge in [0.1, 0.15) is 5.65 Å². The summed E-state index contributed by atoms with van der Waals surface area (Å²) in [6, 6.07) is 13.2. The first kappa shape index (κ1) is 20.3. The predicted molar refractivity (Wildman–Crippen MR) is 124 cm³/mol. The van der Waals surface area contributed by atoms with Crippen molar-refractivity contribution in [1.29, 1.82) is 0 Å². The number of hydrogen-bond acceptors (Lipinski definition) is 3. The number of fused-ring (bicyclic) bond motifs is 1. The molecule has 158 valence electrons. The van der Waals surface area contributed by atoms with Crippen molar-refractivity contribution < 1.29 is 0 Å². The molecule has 1 saturated heterocycles. The fraction of sp³-hybridized carbons (Fsp3) is 0.417. The first-order valence-corrected chi connectivity index (χ1v) is 10.9. The molecule has 1 unspecified atom stereocenters. The van der Waals surface area contributed by atoms with Gasteiger partial charge in [-0.25, -0.2) is 4.98 Å². The molecule has 6 heteroatoms. The van der Waals surface area contributed by atoms with Crippen molar-refractivity contribution in [3.8, 4) is 0 Å². The van der Waals surface area contributed by atoms with Crippen LogP contribution in [0.4, 0.5) is 5.69 Å². The summed E-state index contributed by atoms with van der Waals surface area (Å²) in [4.78, 5) is 11.6. The number of pyridine rings is 1. The van der Waals surface area contributed by atoms with Crippen LogP contribution in [0.25, 0.3) is 5.65 Å². The molecule has 2 aromatic heterocycles. The fourth-order valence-electron chi connectivity index (χ4n) is 4.08. The fourth-order valence-corrected chi connectivity index (χ4v) is 4.08. The van der Waals surface area contributed by atoms with Crippen LogP contribution < -0.4 is 15.5 Å². The molecule has 1 aromatic carbocycles. The summed E-state index contributed by atoms with van der Waals surface area (Å²) in [6.45, 7) is 7.38. The van der Waals surface area contributed by atoms with E-state index < -0.39 is 0 Å². The van der Waals surface area contributed by atoms with Gasteiger partial charge in [0.2, 0.25) is 0 Å². The molecule has 6 nitrogen and oxygen atoms in total. The maximum atomic E-state index is 4.75. The molecule has 1 aliphatic heterocycles. The summed E-state index contributed by atoms with van der Waals surface area (Å²) < 4.78 is 2.09. The number of nitrogens with one attached hydrogen (secondary N) is 2. The molecule has 2 N–H and O–H groups in total. The van der Waals surface area contributed by atoms with Gasteiger partial charge in [-0.2, -0.15) is 0 Å². The van der Waals surface area contributed by atoms with Gasteiger partial charge in [-0.3, -0.25) is 4.99 Å². The molecule has 0 spiro atoms. The summed E-state index contributed by atoms with van der Waals surface area (Å²) in [7, 11) is 1.82. The molecule has 4 rings (SSSR count). The second kappa shape index (κ2) is 9.20. The summed E-state index contributed by atoms with van der Waals surface area (Å²) >= 11 is 0. The van der Waals surface area contributed by atoms with Crippen LogP contribution in [0.3, 0.4) is 0 Å². The number of anilines is 1. The van der Waals surface area contributed by atoms with Crippen LogP contribution in [0.5, 0.6) is 0 Å². The van der Waals surface area contributed by atoms with Crippen LogP contribution in [-0.4, -0.2) is 42.0 Å². The van der Waals surface area contributed by atoms with Gasteiger partial charge in [0, 0.05) is 51.2 Å². The Labute approximate surface area is 179 Å². The highest BCUT2D eigenvalue weighted by atomic mass is 15.2. The van der Waals surface area contributed by atoms with Crippen molar-refractivity contribution in [1.82, 2.24) is 20.0 Å². The molecule has 1 atom stereocenters. The van der Waals surface area contributed by atoms with Crippen LogP contribution >= 0.6 is 0 Å². The number of aliphatic imine (C=N–C) groups is 1. The Hall–Kier alpha value is -3.02. The van der Waals surface area contributed by atoms with E-state index in [-0.39, 0.29) is 6.04 Å². The van der Waals surface area contributed by atoms with Crippen LogP contribution in [0, 0.1) is 6.92 Å². The van der Waals surface area contributed by atoms with Gasteiger partial charge in [0.15, 0.2) is 5.96 Å². The Morgan fingerprint density at radius 2 is 2.03 bits per heavy atom. The number of guanidine groups is 1. The molecule has 0 saturated carbocycles. The van der Waals surface area contributed by atoms with Crippen LogP contribution in [0.1, 0.15) is 42.6 Å². The minimum Gasteiger partial charge on any atom is -0.372 e. The molecular weight excluding hydrogens is 372 g/mol. The van der Waals surface area contributed by atoms with E-state index in [1.54, 1.807) is 0 Å². The average molecular weight is 405 g/mol. The molecule has 1 aliphatic rings. The zero-order chi connectivity index (χ0) is 20.9. The first-order valence-electron chi connectivity index (χ1n) is 10.9. The van der Waals surface area contributed by atoms with Crippen molar-refractivity contribution in [3.05, 3.63) is 65.6 Å². The van der Waals surface area contributed by atoms with Crippen LogP contribution in [0.2, 0.25) is 0 Å². The maximum absolute atomic E-state index is 4.75. The number of rotatable bonds is 6. The zero-order valence-electron chi connectivity index (χ0n) is 18.2. The molecule has 0 radical (unpaired) electrons. The maximum Gasteiger partial charge on any atom is 0.191 e. The Morgan fingerprint density at radius 1 is 1.20 bits per heavy atom. The van der Waals surface area contributed by atoms with Crippen molar-refractivity contribution in [3.63, 3.8) is 0 Å². The predicted octanol–water partition coefficient (Wildman–Crippen LogP) is 3.71. The lowest BCUT2D eigenvalue weighted by molar-refractivity contribution is 0.683. The highest BCUT2D eigenvalue weighted by Gasteiger charge is 2.14. The topological polar surface area (TPSA) is 57.0 Å². The third kappa shape index (κ3) is 4.58. The van der Waals surface area contributed by atoms with E-state index in [9.17, 15) is 0 Å². The number of aryl methyl sites for hydroxylation is 1. The molecule has 0 aliphatic carbocycles. The summed E-state index contributed by atoms with van der Waals surface area (Å²) in [6.07, 6.45) is 7.58. The van der Waals surface area contributed by atoms with E-state index in [4.69, 9.17) is 4.98 Å². The second-order valence-corrected chi connectivity index (χ2v) is 8.06. The smallest absolute Gasteiger partial charge is 0.191 e. The van der Waals surface area contributed by atoms with Crippen molar-refractivity contribution in [2.75, 3.05) is 31.6 Å². The molecule has 0 bridgehead atoms. The highest BCUT2D eigenvalue weighted by molar-refractivity contribution is 5.80. The van der Waals surface area contributed by atoms with E-state index in [0.29, 0.717) is 0 Å². The number of benzene rings is 1. The molecule has 3 aromatic rings. The van der Waals surface area contributed by atoms with Gasteiger partial charge in [0.05, 0.1) is 11.7 Å². The Bertz CT molecular complexity index is 1020. The van der Waals surface area contributed by atoms with E-state index in [0.717, 1.165) is 43.4 Å². The minimum absolute atomic E-state index is 0.177. The number of aromatic nitrogens is 2. The lowest BCUT2D eigenvalue weighted by Gasteiger charge is -2.22. The molecule has 0 amide bonds. The third-order valence-electron chi connectivity index (χ3n) is 5.82. The molecule has 3 heterocycles. The average Bonchev–Trinajstić information content (AvgIpc) is 3.44. The zero-order valence-corrected chi connectivity index (χ0v) is 18.2. The summed E-state index contributed by atoms with van der Waals surface area (Å²) in [5.41, 5.74) is 5.90. The van der Waals surface area contributed by atoms with Gasteiger partial charge < -0.3 is 19.9 Å². The van der Waals surface area contributed by atoms with Gasteiger partial charge >= 0.3 is 0 Å². The monoisotopic (exact) mass is 404 g/mol. The van der Waals surface area contributed by atoms with Crippen LogP contribution in [-0.2, 0) is 6.42 Å². The minimum atomic E-state index is 0.177.